The van der Waals surface area contributed by atoms with Gasteiger partial charge in [0.2, 0.25) is 0 Å². The van der Waals surface area contributed by atoms with Crippen molar-refractivity contribution in [3.8, 4) is 0 Å². The van der Waals surface area contributed by atoms with E-state index in [1.807, 2.05) is 11.8 Å². The van der Waals surface area contributed by atoms with Crippen LogP contribution in [0.4, 0.5) is 18.9 Å². The highest BCUT2D eigenvalue weighted by atomic mass is 79.9. The van der Waals surface area contributed by atoms with Gasteiger partial charge in [0.15, 0.2) is 0 Å². The molecule has 0 saturated carbocycles. The highest BCUT2D eigenvalue weighted by molar-refractivity contribution is 9.10. The first-order valence-electron chi connectivity index (χ1n) is 6.01. The lowest BCUT2D eigenvalue weighted by Gasteiger charge is -2.14. The number of thioether (sulfide) groups is 1. The smallest absolute Gasteiger partial charge is 0.382 e. The largest absolute Gasteiger partial charge is 0.408 e. The van der Waals surface area contributed by atoms with Crippen molar-refractivity contribution in [2.75, 3.05) is 23.4 Å². The van der Waals surface area contributed by atoms with Gasteiger partial charge in [0.25, 0.3) is 5.56 Å². The Balaban J connectivity index is 2.07. The van der Waals surface area contributed by atoms with Crippen LogP contribution in [0.15, 0.2) is 15.5 Å². The van der Waals surface area contributed by atoms with E-state index in [-0.39, 0.29) is 4.47 Å². The van der Waals surface area contributed by atoms with E-state index in [2.05, 4.69) is 26.3 Å². The molecule has 4 nitrogen and oxygen atoms in total. The summed E-state index contributed by atoms with van der Waals surface area (Å²) in [4.78, 5) is 11.8. The van der Waals surface area contributed by atoms with Gasteiger partial charge in [-0.1, -0.05) is 0 Å². The minimum absolute atomic E-state index is 0.0856. The van der Waals surface area contributed by atoms with Crippen molar-refractivity contribution in [3.63, 3.8) is 0 Å². The minimum Gasteiger partial charge on any atom is -0.382 e. The Labute approximate surface area is 126 Å². The van der Waals surface area contributed by atoms with Crippen LogP contribution < -0.4 is 10.9 Å². The number of nitrogens with zero attached hydrogens (tertiary/aromatic N) is 2. The van der Waals surface area contributed by atoms with Crippen molar-refractivity contribution in [1.82, 2.24) is 9.78 Å². The molecule has 1 aliphatic rings. The van der Waals surface area contributed by atoms with E-state index in [9.17, 15) is 18.0 Å². The van der Waals surface area contributed by atoms with E-state index in [4.69, 9.17) is 0 Å². The van der Waals surface area contributed by atoms with Gasteiger partial charge >= 0.3 is 6.18 Å². The van der Waals surface area contributed by atoms with Crippen LogP contribution in [0.1, 0.15) is 6.42 Å². The summed E-state index contributed by atoms with van der Waals surface area (Å²) in [5, 5.41) is 6.62. The third-order valence-corrected chi connectivity index (χ3v) is 4.92. The van der Waals surface area contributed by atoms with Gasteiger partial charge in [0, 0.05) is 6.54 Å². The number of hydrogen-bond donors (Lipinski definition) is 1. The molecule has 9 heteroatoms. The third-order valence-electron chi connectivity index (χ3n) is 2.92. The minimum atomic E-state index is -4.47. The van der Waals surface area contributed by atoms with Crippen LogP contribution >= 0.6 is 27.7 Å². The number of nitrogens with one attached hydrogen (secondary N) is 1. The number of hydrogen-bond acceptors (Lipinski definition) is 4. The molecule has 1 atom stereocenters. The zero-order valence-corrected chi connectivity index (χ0v) is 12.8. The van der Waals surface area contributed by atoms with Gasteiger partial charge < -0.3 is 5.32 Å². The van der Waals surface area contributed by atoms with Crippen molar-refractivity contribution in [1.29, 1.82) is 0 Å². The predicted octanol–water partition coefficient (Wildman–Crippen LogP) is 2.73. The summed E-state index contributed by atoms with van der Waals surface area (Å²) in [7, 11) is 0. The van der Waals surface area contributed by atoms with Crippen LogP contribution in [0.3, 0.4) is 0 Å². The standard InChI is InChI=1S/C11H13BrF3N3OS/c12-9-8(16-3-7-1-2-20-5-7)4-17-18(10(9)19)6-11(13,14)15/h4,7,16H,1-3,5-6H2. The van der Waals surface area contributed by atoms with Gasteiger partial charge in [0.1, 0.15) is 11.0 Å². The molecule has 0 spiro atoms. The summed E-state index contributed by atoms with van der Waals surface area (Å²) in [6.45, 7) is -0.694. The van der Waals surface area contributed by atoms with Crippen LogP contribution in [0, 0.1) is 5.92 Å². The first-order valence-corrected chi connectivity index (χ1v) is 7.95. The molecule has 1 aliphatic heterocycles. The Morgan fingerprint density at radius 3 is 2.90 bits per heavy atom. The fourth-order valence-corrected chi connectivity index (χ4v) is 3.60. The monoisotopic (exact) mass is 371 g/mol. The molecule has 2 rings (SSSR count). The van der Waals surface area contributed by atoms with Crippen molar-refractivity contribution in [2.45, 2.75) is 19.1 Å². The quantitative estimate of drug-likeness (QED) is 0.883. The van der Waals surface area contributed by atoms with Crippen molar-refractivity contribution in [3.05, 3.63) is 21.0 Å². The molecule has 1 fully saturated rings. The molecule has 20 heavy (non-hydrogen) atoms. The first kappa shape index (κ1) is 15.7. The number of halogens is 4. The zero-order chi connectivity index (χ0) is 14.8. The van der Waals surface area contributed by atoms with Crippen molar-refractivity contribution >= 4 is 33.4 Å². The van der Waals surface area contributed by atoms with Crippen LogP contribution in [0.2, 0.25) is 0 Å². The molecule has 0 aromatic carbocycles. The Morgan fingerprint density at radius 2 is 2.30 bits per heavy atom. The molecular weight excluding hydrogens is 359 g/mol. The molecule has 1 aromatic heterocycles. The molecule has 0 aliphatic carbocycles. The average Bonchev–Trinajstić information content (AvgIpc) is 2.86. The summed E-state index contributed by atoms with van der Waals surface area (Å²) in [6.07, 6.45) is -2.11. The maximum atomic E-state index is 12.3. The van der Waals surface area contributed by atoms with E-state index >= 15 is 0 Å². The Morgan fingerprint density at radius 1 is 1.55 bits per heavy atom. The van der Waals surface area contributed by atoms with Crippen molar-refractivity contribution < 1.29 is 13.2 Å². The third kappa shape index (κ3) is 4.15. The zero-order valence-electron chi connectivity index (χ0n) is 10.4. The first-order chi connectivity index (χ1) is 9.37. The molecule has 1 unspecified atom stereocenters. The molecule has 112 valence electrons. The van der Waals surface area contributed by atoms with Crippen molar-refractivity contribution in [2.24, 2.45) is 5.92 Å². The fourth-order valence-electron chi connectivity index (χ4n) is 1.87. The molecule has 2 heterocycles. The average molecular weight is 372 g/mol. The molecule has 0 bridgehead atoms. The van der Waals surface area contributed by atoms with E-state index in [0.29, 0.717) is 22.8 Å². The van der Waals surface area contributed by atoms with E-state index in [1.165, 1.54) is 6.20 Å². The van der Waals surface area contributed by atoms with Gasteiger partial charge in [0.05, 0.1) is 11.9 Å². The highest BCUT2D eigenvalue weighted by Crippen LogP contribution is 2.25. The normalized spacial score (nSPS) is 19.3. The highest BCUT2D eigenvalue weighted by Gasteiger charge is 2.29. The van der Waals surface area contributed by atoms with Gasteiger partial charge in [-0.25, -0.2) is 4.68 Å². The second-order valence-corrected chi connectivity index (χ2v) is 6.50. The molecule has 1 N–H and O–H groups in total. The van der Waals surface area contributed by atoms with Crippen LogP contribution in [0.25, 0.3) is 0 Å². The fraction of sp³-hybridized carbons (Fsp3) is 0.636. The van der Waals surface area contributed by atoms with Gasteiger partial charge in [-0.15, -0.1) is 0 Å². The Bertz CT molecular complexity index is 529. The summed E-state index contributed by atoms with van der Waals surface area (Å²) in [5.74, 6) is 2.70. The lowest BCUT2D eigenvalue weighted by Crippen LogP contribution is -2.31. The molecule has 1 aromatic rings. The number of rotatable bonds is 4. The maximum Gasteiger partial charge on any atom is 0.408 e. The van der Waals surface area contributed by atoms with Gasteiger partial charge in [-0.05, 0) is 39.8 Å². The number of aromatic nitrogens is 2. The SMILES string of the molecule is O=c1c(Br)c(NCC2CCSC2)cnn1CC(F)(F)F. The lowest BCUT2D eigenvalue weighted by molar-refractivity contribution is -0.143. The van der Waals surface area contributed by atoms with E-state index in [1.54, 1.807) is 0 Å². The number of anilines is 1. The second-order valence-electron chi connectivity index (χ2n) is 4.56. The summed E-state index contributed by atoms with van der Waals surface area (Å²) >= 11 is 4.92. The summed E-state index contributed by atoms with van der Waals surface area (Å²) in [5.41, 5.74) is -0.349. The van der Waals surface area contributed by atoms with Crippen LogP contribution in [-0.2, 0) is 6.54 Å². The molecule has 1 saturated heterocycles. The number of alkyl halides is 3. The summed E-state index contributed by atoms with van der Waals surface area (Å²) < 4.78 is 37.3. The maximum absolute atomic E-state index is 12.3. The Kier molecular flexibility index (Phi) is 5.00. The van der Waals surface area contributed by atoms with Crippen LogP contribution in [-0.4, -0.2) is 34.0 Å². The topological polar surface area (TPSA) is 46.9 Å². The second kappa shape index (κ2) is 6.38. The van der Waals surface area contributed by atoms with Gasteiger partial charge in [-0.2, -0.15) is 30.0 Å². The van der Waals surface area contributed by atoms with E-state index < -0.39 is 18.3 Å². The predicted molar refractivity (Wildman–Crippen MR) is 76.2 cm³/mol. The Hall–Kier alpha value is -0.700. The summed E-state index contributed by atoms with van der Waals surface area (Å²) in [6, 6.07) is 0. The van der Waals surface area contributed by atoms with Gasteiger partial charge in [-0.3, -0.25) is 4.79 Å². The van der Waals surface area contributed by atoms with Crippen LogP contribution in [0.5, 0.6) is 0 Å². The lowest BCUT2D eigenvalue weighted by atomic mass is 10.1. The molecule has 0 radical (unpaired) electrons. The molecular formula is C11H13BrF3N3OS. The molecule has 0 amide bonds. The van der Waals surface area contributed by atoms with E-state index in [0.717, 1.165) is 17.9 Å².